The van der Waals surface area contributed by atoms with Gasteiger partial charge in [0.2, 0.25) is 0 Å². The van der Waals surface area contributed by atoms with Crippen LogP contribution in [0.4, 0.5) is 8.78 Å². The predicted octanol–water partition coefficient (Wildman–Crippen LogP) is 6.85. The number of benzene rings is 4. The molecule has 0 radical (unpaired) electrons. The van der Waals surface area contributed by atoms with Gasteiger partial charge < -0.3 is 9.80 Å². The second-order valence-corrected chi connectivity index (χ2v) is 12.7. The van der Waals surface area contributed by atoms with Crippen LogP contribution in [0.15, 0.2) is 83.8 Å². The molecule has 222 valence electrons. The number of amides is 1. The van der Waals surface area contributed by atoms with Gasteiger partial charge in [-0.2, -0.15) is 5.26 Å². The molecule has 1 fully saturated rings. The lowest BCUT2D eigenvalue weighted by Crippen LogP contribution is -2.36. The highest BCUT2D eigenvalue weighted by Crippen LogP contribution is 2.33. The molecule has 0 N–H and O–H groups in total. The molecule has 1 aliphatic heterocycles. The molecular weight excluding hydrogens is 564 g/mol. The molecule has 0 aromatic heterocycles. The molecule has 5 nitrogen and oxygen atoms in total. The van der Waals surface area contributed by atoms with Crippen molar-refractivity contribution in [3.63, 3.8) is 0 Å². The summed E-state index contributed by atoms with van der Waals surface area (Å²) < 4.78 is 40.4. The molecule has 0 saturated carbocycles. The van der Waals surface area contributed by atoms with Crippen molar-refractivity contribution < 1.29 is 17.8 Å². The summed E-state index contributed by atoms with van der Waals surface area (Å²) in [5.74, 6) is -1.91. The van der Waals surface area contributed by atoms with Crippen LogP contribution in [0.1, 0.15) is 58.1 Å². The second-order valence-electron chi connectivity index (χ2n) is 11.3. The molecule has 0 aliphatic carbocycles. The monoisotopic (exact) mass is 599 g/mol. The average Bonchev–Trinajstić information content (AvgIpc) is 3.03. The van der Waals surface area contributed by atoms with Gasteiger partial charge in [-0.25, -0.2) is 8.78 Å². The number of nitriles is 1. The Morgan fingerprint density at radius 2 is 1.74 bits per heavy atom. The third kappa shape index (κ3) is 7.01. The number of carbonyl (C=O) groups excluding carboxylic acids is 1. The number of hydrogen-bond acceptors (Lipinski definition) is 4. The topological polar surface area (TPSA) is 64.4 Å². The maximum absolute atomic E-state index is 14.3. The van der Waals surface area contributed by atoms with E-state index in [-0.39, 0.29) is 11.8 Å². The van der Waals surface area contributed by atoms with Gasteiger partial charge in [-0.3, -0.25) is 9.00 Å². The highest BCUT2D eigenvalue weighted by molar-refractivity contribution is 7.84. The van der Waals surface area contributed by atoms with E-state index in [9.17, 15) is 23.0 Å². The number of piperidine rings is 1. The molecule has 0 bridgehead atoms. The zero-order valence-electron chi connectivity index (χ0n) is 24.4. The van der Waals surface area contributed by atoms with Crippen molar-refractivity contribution in [2.75, 3.05) is 39.5 Å². The van der Waals surface area contributed by atoms with Gasteiger partial charge in [-0.15, -0.1) is 0 Å². The van der Waals surface area contributed by atoms with Crippen molar-refractivity contribution in [3.05, 3.63) is 113 Å². The lowest BCUT2D eigenvalue weighted by Gasteiger charge is -2.34. The highest BCUT2D eigenvalue weighted by Gasteiger charge is 2.26. The normalized spacial score (nSPS) is 15.6. The Balaban J connectivity index is 1.31. The van der Waals surface area contributed by atoms with Crippen molar-refractivity contribution in [1.82, 2.24) is 9.80 Å². The molecule has 4 aromatic carbocycles. The first kappa shape index (κ1) is 30.5. The van der Waals surface area contributed by atoms with Crippen LogP contribution in [0.5, 0.6) is 0 Å². The summed E-state index contributed by atoms with van der Waals surface area (Å²) in [5.41, 5.74) is 2.65. The average molecular weight is 600 g/mol. The summed E-state index contributed by atoms with van der Waals surface area (Å²) in [4.78, 5) is 18.6. The van der Waals surface area contributed by atoms with Crippen molar-refractivity contribution in [2.24, 2.45) is 0 Å². The minimum absolute atomic E-state index is 0.226. The number of rotatable bonds is 9. The van der Waals surface area contributed by atoms with Crippen LogP contribution < -0.4 is 0 Å². The lowest BCUT2D eigenvalue weighted by molar-refractivity contribution is 0.0783. The Morgan fingerprint density at radius 1 is 1.02 bits per heavy atom. The first-order valence-corrected chi connectivity index (χ1v) is 16.1. The summed E-state index contributed by atoms with van der Waals surface area (Å²) in [5, 5.41) is 11.1. The lowest BCUT2D eigenvalue weighted by atomic mass is 9.88. The molecule has 8 heteroatoms. The maximum atomic E-state index is 14.3. The zero-order chi connectivity index (χ0) is 30.5. The Bertz CT molecular complexity index is 1690. The highest BCUT2D eigenvalue weighted by atomic mass is 32.2. The Hall–Kier alpha value is -3.93. The molecule has 1 amide bonds. The van der Waals surface area contributed by atoms with Gasteiger partial charge in [-0.1, -0.05) is 48.5 Å². The summed E-state index contributed by atoms with van der Waals surface area (Å²) in [6.07, 6.45) is 4.27. The van der Waals surface area contributed by atoms with Gasteiger partial charge in [0.1, 0.15) is 0 Å². The van der Waals surface area contributed by atoms with E-state index in [1.807, 2.05) is 42.5 Å². The van der Waals surface area contributed by atoms with Gasteiger partial charge in [-0.05, 0) is 97.0 Å². The minimum Gasteiger partial charge on any atom is -0.341 e. The van der Waals surface area contributed by atoms with Gasteiger partial charge in [0, 0.05) is 36.2 Å². The molecule has 5 rings (SSSR count). The van der Waals surface area contributed by atoms with Crippen LogP contribution in [0, 0.1) is 23.0 Å². The third-order valence-corrected chi connectivity index (χ3v) is 9.52. The van der Waals surface area contributed by atoms with E-state index in [1.165, 1.54) is 6.07 Å². The Kier molecular flexibility index (Phi) is 9.64. The van der Waals surface area contributed by atoms with Gasteiger partial charge in [0.05, 0.1) is 22.4 Å². The summed E-state index contributed by atoms with van der Waals surface area (Å²) in [6, 6.07) is 24.9. The number of likely N-dealkylation sites (tertiary alicyclic amines) is 1. The number of likely N-dealkylation sites (N-methyl/N-ethyl adjacent to an activating group) is 1. The standard InChI is InChI=1S/C35H35F2N3O2S/c1-39(35(41)31-20-24(22-38)19-27-7-3-4-8-29(27)31)23-28(26-11-12-32(36)33(37)21-26)15-18-40-16-13-25(14-17-40)30-9-5-6-10-34(30)43(2)42/h3-12,19-21,25,28H,13-18,23H2,1-2H3. The van der Waals surface area contributed by atoms with Crippen LogP contribution in [0.25, 0.3) is 10.8 Å². The van der Waals surface area contributed by atoms with E-state index < -0.39 is 22.4 Å². The number of carbonyl (C=O) groups is 1. The number of nitrogens with zero attached hydrogens (tertiary/aromatic N) is 3. The van der Waals surface area contributed by atoms with Crippen LogP contribution in [0.2, 0.25) is 0 Å². The maximum Gasteiger partial charge on any atom is 0.254 e. The summed E-state index contributed by atoms with van der Waals surface area (Å²) in [7, 11) is 0.674. The van der Waals surface area contributed by atoms with Crippen LogP contribution in [-0.4, -0.2) is 59.4 Å². The molecular formula is C35H35F2N3O2S. The molecule has 0 spiro atoms. The molecule has 2 atom stereocenters. The van der Waals surface area contributed by atoms with E-state index >= 15 is 0 Å². The van der Waals surface area contributed by atoms with Gasteiger partial charge >= 0.3 is 0 Å². The van der Waals surface area contributed by atoms with Crippen LogP contribution in [0.3, 0.4) is 0 Å². The molecule has 1 aliphatic rings. The molecule has 43 heavy (non-hydrogen) atoms. The third-order valence-electron chi connectivity index (χ3n) is 8.53. The molecule has 1 heterocycles. The fraction of sp³-hybridized carbons (Fsp3) is 0.314. The van der Waals surface area contributed by atoms with E-state index in [0.717, 1.165) is 59.8 Å². The second kappa shape index (κ2) is 13.6. The van der Waals surface area contributed by atoms with Crippen molar-refractivity contribution in [3.8, 4) is 6.07 Å². The molecule has 1 saturated heterocycles. The predicted molar refractivity (Wildman–Crippen MR) is 167 cm³/mol. The minimum atomic E-state index is -1.04. The molecule has 2 unspecified atom stereocenters. The zero-order valence-corrected chi connectivity index (χ0v) is 25.2. The largest absolute Gasteiger partial charge is 0.341 e. The van der Waals surface area contributed by atoms with E-state index in [4.69, 9.17) is 0 Å². The first-order valence-electron chi connectivity index (χ1n) is 14.5. The first-order chi connectivity index (χ1) is 20.7. The summed E-state index contributed by atoms with van der Waals surface area (Å²) >= 11 is 0. The van der Waals surface area contributed by atoms with E-state index in [0.29, 0.717) is 35.6 Å². The van der Waals surface area contributed by atoms with Crippen molar-refractivity contribution >= 4 is 27.5 Å². The fourth-order valence-electron chi connectivity index (χ4n) is 6.19. The van der Waals surface area contributed by atoms with Gasteiger partial charge in [0.25, 0.3) is 5.91 Å². The Morgan fingerprint density at radius 3 is 2.47 bits per heavy atom. The summed E-state index contributed by atoms with van der Waals surface area (Å²) in [6.45, 7) is 2.80. The number of halogens is 2. The van der Waals surface area contributed by atoms with Crippen LogP contribution >= 0.6 is 0 Å². The van der Waals surface area contributed by atoms with Gasteiger partial charge in [0.15, 0.2) is 11.6 Å². The van der Waals surface area contributed by atoms with E-state index in [2.05, 4.69) is 17.0 Å². The van der Waals surface area contributed by atoms with Crippen molar-refractivity contribution in [2.45, 2.75) is 36.0 Å². The smallest absolute Gasteiger partial charge is 0.254 e. The SMILES string of the molecule is CN(CC(CCN1CCC(c2ccccc2S(C)=O)CC1)c1ccc(F)c(F)c1)C(=O)c1cc(C#N)cc2ccccc12. The van der Waals surface area contributed by atoms with Crippen molar-refractivity contribution in [1.29, 1.82) is 5.26 Å². The Labute approximate surface area is 254 Å². The number of fused-ring (bicyclic) bond motifs is 1. The number of hydrogen-bond donors (Lipinski definition) is 0. The molecule has 4 aromatic rings. The fourth-order valence-corrected chi connectivity index (χ4v) is 7.02. The van der Waals surface area contributed by atoms with Crippen LogP contribution in [-0.2, 0) is 10.8 Å². The quantitative estimate of drug-likeness (QED) is 0.211. The van der Waals surface area contributed by atoms with E-state index in [1.54, 1.807) is 36.4 Å².